The van der Waals surface area contributed by atoms with Gasteiger partial charge in [0.2, 0.25) is 5.91 Å². The molecule has 1 aromatic heterocycles. The number of hydrogen-bond donors (Lipinski definition) is 3. The van der Waals surface area contributed by atoms with Crippen molar-refractivity contribution in [3.05, 3.63) is 52.2 Å². The molecule has 1 aromatic carbocycles. The van der Waals surface area contributed by atoms with Crippen LogP contribution in [0.3, 0.4) is 0 Å². The zero-order valence-corrected chi connectivity index (χ0v) is 10.9. The Labute approximate surface area is 114 Å². The number of para-hydroxylation sites is 1. The Bertz CT molecular complexity index is 594. The second kappa shape index (κ2) is 6.01. The Balaban J connectivity index is 2.13. The van der Waals surface area contributed by atoms with E-state index >= 15 is 0 Å². The highest BCUT2D eigenvalue weighted by molar-refractivity contribution is 7.08. The van der Waals surface area contributed by atoms with E-state index in [1.165, 1.54) is 0 Å². The number of anilines is 1. The van der Waals surface area contributed by atoms with Gasteiger partial charge in [-0.1, -0.05) is 17.3 Å². The quantitative estimate of drug-likeness (QED) is 0.345. The average Bonchev–Trinajstić information content (AvgIpc) is 2.91. The van der Waals surface area contributed by atoms with Gasteiger partial charge in [-0.25, -0.2) is 0 Å². The van der Waals surface area contributed by atoms with Gasteiger partial charge >= 0.3 is 0 Å². The van der Waals surface area contributed by atoms with Gasteiger partial charge in [-0.05, 0) is 34.5 Å². The van der Waals surface area contributed by atoms with Crippen LogP contribution in [0.5, 0.6) is 0 Å². The molecule has 4 N–H and O–H groups in total. The number of nitrogens with zero attached hydrogens (tertiary/aromatic N) is 1. The monoisotopic (exact) mass is 275 g/mol. The van der Waals surface area contributed by atoms with Crippen LogP contribution in [0.15, 0.2) is 46.2 Å². The van der Waals surface area contributed by atoms with Gasteiger partial charge in [-0.15, -0.1) is 0 Å². The molecule has 98 valence electrons. The SMILES string of the molecule is N/C(=N/O)c1ccccc1NC(=O)Cc1ccsc1. The predicted molar refractivity (Wildman–Crippen MR) is 75.6 cm³/mol. The minimum absolute atomic E-state index is 0.0357. The number of carbonyl (C=O) groups excluding carboxylic acids is 1. The van der Waals surface area contributed by atoms with E-state index in [4.69, 9.17) is 10.9 Å². The van der Waals surface area contributed by atoms with Gasteiger partial charge in [-0.2, -0.15) is 11.3 Å². The number of hydrogen-bond acceptors (Lipinski definition) is 4. The molecular formula is C13H13N3O2S. The lowest BCUT2D eigenvalue weighted by molar-refractivity contribution is -0.115. The smallest absolute Gasteiger partial charge is 0.228 e. The van der Waals surface area contributed by atoms with E-state index in [1.54, 1.807) is 35.6 Å². The summed E-state index contributed by atoms with van der Waals surface area (Å²) in [5.41, 5.74) is 7.53. The fraction of sp³-hybridized carbons (Fsp3) is 0.0769. The molecule has 0 aliphatic carbocycles. The van der Waals surface area contributed by atoms with E-state index in [9.17, 15) is 4.79 Å². The van der Waals surface area contributed by atoms with Gasteiger partial charge in [0.1, 0.15) is 0 Å². The third-order valence-electron chi connectivity index (χ3n) is 2.53. The lowest BCUT2D eigenvalue weighted by atomic mass is 10.1. The van der Waals surface area contributed by atoms with Gasteiger partial charge in [-0.3, -0.25) is 4.79 Å². The van der Waals surface area contributed by atoms with E-state index in [0.717, 1.165) is 5.56 Å². The minimum Gasteiger partial charge on any atom is -0.409 e. The fourth-order valence-electron chi connectivity index (χ4n) is 1.64. The van der Waals surface area contributed by atoms with Gasteiger partial charge in [0.15, 0.2) is 5.84 Å². The van der Waals surface area contributed by atoms with E-state index in [2.05, 4.69) is 10.5 Å². The van der Waals surface area contributed by atoms with E-state index in [-0.39, 0.29) is 11.7 Å². The molecule has 0 radical (unpaired) electrons. The largest absolute Gasteiger partial charge is 0.409 e. The number of benzene rings is 1. The van der Waals surface area contributed by atoms with Crippen LogP contribution >= 0.6 is 11.3 Å². The van der Waals surface area contributed by atoms with Crippen molar-refractivity contribution in [3.8, 4) is 0 Å². The number of amidine groups is 1. The number of carbonyl (C=O) groups is 1. The van der Waals surface area contributed by atoms with E-state index < -0.39 is 0 Å². The Morgan fingerprint density at radius 3 is 2.84 bits per heavy atom. The van der Waals surface area contributed by atoms with Crippen molar-refractivity contribution in [2.45, 2.75) is 6.42 Å². The van der Waals surface area contributed by atoms with Gasteiger partial charge in [0, 0.05) is 5.56 Å². The summed E-state index contributed by atoms with van der Waals surface area (Å²) in [6, 6.07) is 8.81. The number of rotatable bonds is 4. The Morgan fingerprint density at radius 1 is 1.37 bits per heavy atom. The molecule has 0 saturated heterocycles. The van der Waals surface area contributed by atoms with Gasteiger partial charge < -0.3 is 16.3 Å². The zero-order valence-electron chi connectivity index (χ0n) is 10.0. The van der Waals surface area contributed by atoms with Crippen molar-refractivity contribution < 1.29 is 10.0 Å². The summed E-state index contributed by atoms with van der Waals surface area (Å²) in [5, 5.41) is 18.3. The van der Waals surface area contributed by atoms with Crippen LogP contribution in [0.4, 0.5) is 5.69 Å². The van der Waals surface area contributed by atoms with Crippen molar-refractivity contribution in [2.75, 3.05) is 5.32 Å². The molecule has 0 saturated carbocycles. The molecular weight excluding hydrogens is 262 g/mol. The third kappa shape index (κ3) is 3.32. The molecule has 0 spiro atoms. The normalized spacial score (nSPS) is 11.3. The van der Waals surface area contributed by atoms with E-state index in [1.807, 2.05) is 16.8 Å². The summed E-state index contributed by atoms with van der Waals surface area (Å²) in [7, 11) is 0. The molecule has 2 rings (SSSR count). The van der Waals surface area contributed by atoms with Gasteiger partial charge in [0.25, 0.3) is 0 Å². The Hall–Kier alpha value is -2.34. The molecule has 19 heavy (non-hydrogen) atoms. The molecule has 0 bridgehead atoms. The molecule has 2 aromatic rings. The second-order valence-corrected chi connectivity index (χ2v) is 4.67. The molecule has 6 heteroatoms. The molecule has 0 aliphatic heterocycles. The highest BCUT2D eigenvalue weighted by Crippen LogP contribution is 2.15. The summed E-state index contributed by atoms with van der Waals surface area (Å²) < 4.78 is 0. The van der Waals surface area contributed by atoms with Crippen LogP contribution in [0.1, 0.15) is 11.1 Å². The van der Waals surface area contributed by atoms with E-state index in [0.29, 0.717) is 17.7 Å². The Kier molecular flexibility index (Phi) is 4.15. The maximum Gasteiger partial charge on any atom is 0.228 e. The number of nitrogens with one attached hydrogen (secondary N) is 1. The summed E-state index contributed by atoms with van der Waals surface area (Å²) in [6.07, 6.45) is 0.300. The standard InChI is InChI=1S/C13H13N3O2S/c14-13(16-18)10-3-1-2-4-11(10)15-12(17)7-9-5-6-19-8-9/h1-6,8,18H,7H2,(H2,14,16)(H,15,17). The molecule has 0 unspecified atom stereocenters. The fourth-order valence-corrected chi connectivity index (χ4v) is 2.31. The first kappa shape index (κ1) is 13.1. The van der Waals surface area contributed by atoms with Crippen molar-refractivity contribution >= 4 is 28.8 Å². The number of amides is 1. The van der Waals surface area contributed by atoms with Crippen LogP contribution in [0.2, 0.25) is 0 Å². The maximum absolute atomic E-state index is 11.9. The summed E-state index contributed by atoms with van der Waals surface area (Å²) in [5.74, 6) is -0.178. The third-order valence-corrected chi connectivity index (χ3v) is 3.26. The molecule has 5 nitrogen and oxygen atoms in total. The predicted octanol–water partition coefficient (Wildman–Crippen LogP) is 2.02. The number of oxime groups is 1. The maximum atomic E-state index is 11.9. The van der Waals surface area contributed by atoms with Crippen LogP contribution in [0.25, 0.3) is 0 Å². The van der Waals surface area contributed by atoms with Crippen molar-refractivity contribution in [1.82, 2.24) is 0 Å². The van der Waals surface area contributed by atoms with Crippen molar-refractivity contribution in [1.29, 1.82) is 0 Å². The van der Waals surface area contributed by atoms with Crippen molar-refractivity contribution in [3.63, 3.8) is 0 Å². The van der Waals surface area contributed by atoms with Crippen LogP contribution in [-0.4, -0.2) is 17.0 Å². The molecule has 0 atom stereocenters. The molecule has 0 aliphatic rings. The van der Waals surface area contributed by atoms with Crippen LogP contribution < -0.4 is 11.1 Å². The lowest BCUT2D eigenvalue weighted by Crippen LogP contribution is -2.20. The van der Waals surface area contributed by atoms with Crippen LogP contribution in [-0.2, 0) is 11.2 Å². The number of nitrogens with two attached hydrogens (primary N) is 1. The molecule has 1 amide bonds. The Morgan fingerprint density at radius 2 is 2.16 bits per heavy atom. The van der Waals surface area contributed by atoms with Crippen LogP contribution in [0, 0.1) is 0 Å². The lowest BCUT2D eigenvalue weighted by Gasteiger charge is -2.09. The highest BCUT2D eigenvalue weighted by Gasteiger charge is 2.10. The second-order valence-electron chi connectivity index (χ2n) is 3.89. The first-order valence-electron chi connectivity index (χ1n) is 5.58. The topological polar surface area (TPSA) is 87.7 Å². The molecule has 1 heterocycles. The minimum atomic E-state index is -0.142. The summed E-state index contributed by atoms with van der Waals surface area (Å²) in [6.45, 7) is 0. The first-order valence-corrected chi connectivity index (χ1v) is 6.53. The summed E-state index contributed by atoms with van der Waals surface area (Å²) >= 11 is 1.55. The average molecular weight is 275 g/mol. The molecule has 0 fully saturated rings. The first-order chi connectivity index (χ1) is 9.20. The summed E-state index contributed by atoms with van der Waals surface area (Å²) in [4.78, 5) is 11.9. The number of thiophene rings is 1. The zero-order chi connectivity index (χ0) is 13.7. The highest BCUT2D eigenvalue weighted by atomic mass is 32.1. The van der Waals surface area contributed by atoms with Crippen molar-refractivity contribution in [2.24, 2.45) is 10.9 Å². The van der Waals surface area contributed by atoms with Gasteiger partial charge in [0.05, 0.1) is 12.1 Å².